The smallest absolute Gasteiger partial charge is 0.303 e. The average Bonchev–Trinajstić information content (AvgIpc) is 3.33. The summed E-state index contributed by atoms with van der Waals surface area (Å²) >= 11 is 0. The van der Waals surface area contributed by atoms with Crippen molar-refractivity contribution >= 4 is 17.5 Å². The largest absolute Gasteiger partial charge is 0.457 e. The molecule has 5 fully saturated rings. The molecule has 34 heavy (non-hydrogen) atoms. The molecule has 2 spiro atoms. The van der Waals surface area contributed by atoms with Crippen LogP contribution in [0.1, 0.15) is 78.6 Å². The summed E-state index contributed by atoms with van der Waals surface area (Å²) in [5.41, 5.74) is -0.405. The average molecular weight is 469 g/mol. The van der Waals surface area contributed by atoms with Crippen LogP contribution in [-0.2, 0) is 28.6 Å². The first-order chi connectivity index (χ1) is 16.1. The van der Waals surface area contributed by atoms with Gasteiger partial charge in [0.2, 0.25) is 0 Å². The lowest BCUT2D eigenvalue weighted by molar-refractivity contribution is -0.378. The highest BCUT2D eigenvalue weighted by Crippen LogP contribution is 2.69. The topological polar surface area (TPSA) is 78.9 Å². The van der Waals surface area contributed by atoms with E-state index in [-0.39, 0.29) is 34.8 Å². The minimum Gasteiger partial charge on any atom is -0.457 e. The van der Waals surface area contributed by atoms with Crippen molar-refractivity contribution in [3.63, 3.8) is 0 Å². The lowest BCUT2D eigenvalue weighted by atomic mass is 9.46. The van der Waals surface area contributed by atoms with Crippen molar-refractivity contribution in [2.75, 3.05) is 6.61 Å². The molecule has 0 bridgehead atoms. The fourth-order valence-corrected chi connectivity index (χ4v) is 9.03. The van der Waals surface area contributed by atoms with Crippen molar-refractivity contribution in [1.82, 2.24) is 0 Å². The Morgan fingerprint density at radius 3 is 2.62 bits per heavy atom. The Bertz CT molecular complexity index is 1000. The normalized spacial score (nSPS) is 46.7. The Hall–Kier alpha value is -1.79. The van der Waals surface area contributed by atoms with Crippen LogP contribution in [0.2, 0.25) is 0 Å². The molecule has 6 rings (SSSR count). The number of hydrogen-bond donors (Lipinski definition) is 0. The van der Waals surface area contributed by atoms with E-state index in [1.54, 1.807) is 12.2 Å². The lowest BCUT2D eigenvalue weighted by Gasteiger charge is -2.61. The van der Waals surface area contributed by atoms with Crippen LogP contribution in [0.5, 0.6) is 0 Å². The molecule has 4 saturated carbocycles. The predicted octanol–water partition coefficient (Wildman–Crippen LogP) is 4.46. The van der Waals surface area contributed by atoms with E-state index in [2.05, 4.69) is 13.8 Å². The Morgan fingerprint density at radius 1 is 1.12 bits per heavy atom. The van der Waals surface area contributed by atoms with Gasteiger partial charge < -0.3 is 14.2 Å². The number of fused-ring (bicyclic) bond motifs is 6. The van der Waals surface area contributed by atoms with Crippen LogP contribution in [0, 0.1) is 28.6 Å². The SMILES string of the molecule is CC(=O)O[C@H]1COC2(CCCC2)O[C@@]12CC[C@H]1[C@@H]3CCC4=CC(=O)C=C[C@]4(C)[C@H]3C(=O)C[C@@]12C. The third-order valence-corrected chi connectivity index (χ3v) is 10.5. The van der Waals surface area contributed by atoms with Crippen molar-refractivity contribution in [2.24, 2.45) is 28.6 Å². The van der Waals surface area contributed by atoms with Gasteiger partial charge in [-0.25, -0.2) is 0 Å². The van der Waals surface area contributed by atoms with Crippen LogP contribution < -0.4 is 0 Å². The standard InChI is InChI=1S/C28H36O6/c1-17(29)33-23-16-32-27(10-4-5-11-27)34-28(23)13-9-21-20-7-6-18-14-19(30)8-12-25(18,2)24(20)22(31)15-26(21,28)3/h8,12,14,20-21,23-24H,4-7,9-11,13,15-16H2,1-3H3/t20-,21-,23-,24+,25-,26-,28-/m0/s1. The van der Waals surface area contributed by atoms with Gasteiger partial charge in [-0.2, -0.15) is 0 Å². The summed E-state index contributed by atoms with van der Waals surface area (Å²) in [6.45, 7) is 6.14. The van der Waals surface area contributed by atoms with E-state index < -0.39 is 22.9 Å². The highest BCUT2D eigenvalue weighted by molar-refractivity contribution is 6.01. The molecule has 6 heteroatoms. The van der Waals surface area contributed by atoms with Gasteiger partial charge in [0, 0.05) is 42.9 Å². The van der Waals surface area contributed by atoms with Gasteiger partial charge in [-0.05, 0) is 62.5 Å². The quantitative estimate of drug-likeness (QED) is 0.529. The Kier molecular flexibility index (Phi) is 4.91. The molecule has 1 aliphatic heterocycles. The zero-order valence-corrected chi connectivity index (χ0v) is 20.6. The summed E-state index contributed by atoms with van der Waals surface area (Å²) in [4.78, 5) is 38.2. The van der Waals surface area contributed by atoms with Crippen molar-refractivity contribution in [2.45, 2.75) is 96.1 Å². The van der Waals surface area contributed by atoms with Crippen molar-refractivity contribution < 1.29 is 28.6 Å². The number of ether oxygens (including phenoxy) is 3. The van der Waals surface area contributed by atoms with Gasteiger partial charge >= 0.3 is 5.97 Å². The van der Waals surface area contributed by atoms with Crippen LogP contribution in [0.3, 0.4) is 0 Å². The van der Waals surface area contributed by atoms with Crippen LogP contribution in [0.4, 0.5) is 0 Å². The van der Waals surface area contributed by atoms with Gasteiger partial charge in [0.25, 0.3) is 0 Å². The maximum absolute atomic E-state index is 14.0. The molecule has 5 aliphatic carbocycles. The lowest BCUT2D eigenvalue weighted by Crippen LogP contribution is -2.68. The van der Waals surface area contributed by atoms with Gasteiger partial charge in [-0.3, -0.25) is 14.4 Å². The minimum absolute atomic E-state index is 0.0283. The van der Waals surface area contributed by atoms with E-state index in [1.807, 2.05) is 6.08 Å². The highest BCUT2D eigenvalue weighted by atomic mass is 16.7. The Morgan fingerprint density at radius 2 is 1.88 bits per heavy atom. The van der Waals surface area contributed by atoms with Crippen LogP contribution in [-0.4, -0.2) is 41.6 Å². The van der Waals surface area contributed by atoms with Gasteiger partial charge in [-0.1, -0.05) is 25.5 Å². The Labute approximate surface area is 201 Å². The number of carbonyl (C=O) groups is 3. The van der Waals surface area contributed by atoms with E-state index >= 15 is 0 Å². The van der Waals surface area contributed by atoms with Crippen LogP contribution >= 0.6 is 0 Å². The summed E-state index contributed by atoms with van der Waals surface area (Å²) < 4.78 is 19.1. The Balaban J connectivity index is 1.40. The van der Waals surface area contributed by atoms with Crippen LogP contribution in [0.25, 0.3) is 0 Å². The number of ketones is 2. The van der Waals surface area contributed by atoms with Gasteiger partial charge in [-0.15, -0.1) is 0 Å². The first-order valence-corrected chi connectivity index (χ1v) is 13.1. The maximum atomic E-state index is 14.0. The fourth-order valence-electron chi connectivity index (χ4n) is 9.03. The number of esters is 1. The van der Waals surface area contributed by atoms with E-state index in [1.165, 1.54) is 6.92 Å². The van der Waals surface area contributed by atoms with E-state index in [0.717, 1.165) is 56.9 Å². The molecule has 1 saturated heterocycles. The van der Waals surface area contributed by atoms with Gasteiger partial charge in [0.15, 0.2) is 17.7 Å². The molecular formula is C28H36O6. The van der Waals surface area contributed by atoms with Crippen molar-refractivity contribution in [1.29, 1.82) is 0 Å². The van der Waals surface area contributed by atoms with Crippen molar-refractivity contribution in [3.8, 4) is 0 Å². The molecule has 7 atom stereocenters. The van der Waals surface area contributed by atoms with Gasteiger partial charge in [0.1, 0.15) is 11.4 Å². The molecular weight excluding hydrogens is 432 g/mol. The molecule has 0 aromatic heterocycles. The van der Waals surface area contributed by atoms with E-state index in [4.69, 9.17) is 14.2 Å². The summed E-state index contributed by atoms with van der Waals surface area (Å²) in [5, 5.41) is 0. The second-order valence-electron chi connectivity index (χ2n) is 12.1. The molecule has 6 aliphatic rings. The van der Waals surface area contributed by atoms with E-state index in [9.17, 15) is 14.4 Å². The number of Topliss-reactive ketones (excluding diaryl/α,β-unsaturated/α-hetero) is 1. The number of carbonyl (C=O) groups excluding carboxylic acids is 3. The second-order valence-corrected chi connectivity index (χ2v) is 12.1. The molecule has 0 unspecified atom stereocenters. The highest BCUT2D eigenvalue weighted by Gasteiger charge is 2.72. The second kappa shape index (κ2) is 7.36. The molecule has 0 aromatic rings. The number of hydrogen-bond acceptors (Lipinski definition) is 6. The molecule has 0 radical (unpaired) electrons. The number of rotatable bonds is 1. The first kappa shape index (κ1) is 22.7. The first-order valence-electron chi connectivity index (χ1n) is 13.1. The monoisotopic (exact) mass is 468 g/mol. The number of allylic oxidation sites excluding steroid dienone is 4. The van der Waals surface area contributed by atoms with Gasteiger partial charge in [0.05, 0.1) is 6.61 Å². The maximum Gasteiger partial charge on any atom is 0.303 e. The molecule has 0 amide bonds. The molecule has 184 valence electrons. The van der Waals surface area contributed by atoms with E-state index in [0.29, 0.717) is 18.9 Å². The predicted molar refractivity (Wildman–Crippen MR) is 124 cm³/mol. The molecule has 6 nitrogen and oxygen atoms in total. The minimum atomic E-state index is -0.706. The van der Waals surface area contributed by atoms with Crippen LogP contribution in [0.15, 0.2) is 23.8 Å². The third kappa shape index (κ3) is 2.90. The van der Waals surface area contributed by atoms with Crippen molar-refractivity contribution in [3.05, 3.63) is 23.8 Å². The fraction of sp³-hybridized carbons (Fsp3) is 0.750. The summed E-state index contributed by atoms with van der Waals surface area (Å²) in [5.74, 6) is -0.242. The summed E-state index contributed by atoms with van der Waals surface area (Å²) in [6, 6.07) is 0. The summed E-state index contributed by atoms with van der Waals surface area (Å²) in [6.07, 6.45) is 12.6. The zero-order valence-electron chi connectivity index (χ0n) is 20.6. The molecule has 1 heterocycles. The zero-order chi connectivity index (χ0) is 23.9. The summed E-state index contributed by atoms with van der Waals surface area (Å²) in [7, 11) is 0. The third-order valence-electron chi connectivity index (χ3n) is 10.5. The molecule has 0 N–H and O–H groups in total. The molecule has 0 aromatic carbocycles.